The average Bonchev–Trinajstić information content (AvgIpc) is 2.78. The Morgan fingerprint density at radius 2 is 0.870 bits per heavy atom. The van der Waals surface area contributed by atoms with E-state index >= 15 is 0 Å². The lowest BCUT2D eigenvalue weighted by atomic mass is 9.95. The summed E-state index contributed by atoms with van der Waals surface area (Å²) in [6.07, 6.45) is 0. The maximum atomic E-state index is 13.7. The Labute approximate surface area is 265 Å². The maximum absolute atomic E-state index is 13.7. The second kappa shape index (κ2) is 13.4. The lowest BCUT2D eigenvalue weighted by molar-refractivity contribution is -0.555. The van der Waals surface area contributed by atoms with Crippen LogP contribution in [0.25, 0.3) is 0 Å². The number of hydrogen-bond acceptors (Lipinski definition) is 17. The fourth-order valence-corrected chi connectivity index (χ4v) is 3.36. The number of hydrogen-bond donors (Lipinski definition) is 2. The predicted octanol–water partition coefficient (Wildman–Crippen LogP) is 1.55. The van der Waals surface area contributed by atoms with E-state index < -0.39 is 84.8 Å². The third kappa shape index (κ3) is 9.24. The lowest BCUT2D eigenvalue weighted by Gasteiger charge is -2.30. The fourth-order valence-electron chi connectivity index (χ4n) is 3.36. The Morgan fingerprint density at radius 1 is 0.609 bits per heavy atom. The molecular weight excluding hydrogens is 614 g/mol. The lowest BCUT2D eigenvalue weighted by Crippen LogP contribution is -2.58. The second-order valence-electron chi connectivity index (χ2n) is 14.0. The van der Waals surface area contributed by atoms with Gasteiger partial charge in [-0.15, -0.1) is 0 Å². The van der Waals surface area contributed by atoms with Crippen molar-refractivity contribution in [3.8, 4) is 0 Å². The fraction of sp³-hybridized carbons (Fsp3) is 0.741. The highest BCUT2D eigenvalue weighted by Crippen LogP contribution is 2.35. The monoisotopic (exact) mass is 657 g/mol. The van der Waals surface area contributed by atoms with Crippen LogP contribution < -0.4 is 11.1 Å². The summed E-state index contributed by atoms with van der Waals surface area (Å²) in [4.78, 5) is 89.2. The van der Waals surface area contributed by atoms with Crippen molar-refractivity contribution < 1.29 is 48.0 Å². The first-order valence-corrected chi connectivity index (χ1v) is 14.0. The van der Waals surface area contributed by atoms with E-state index in [0.717, 1.165) is 0 Å². The van der Waals surface area contributed by atoms with Gasteiger partial charge in [0.25, 0.3) is 0 Å². The van der Waals surface area contributed by atoms with E-state index in [9.17, 15) is 39.4 Å². The van der Waals surface area contributed by atoms with E-state index in [4.69, 9.17) is 24.7 Å². The van der Waals surface area contributed by atoms with Crippen LogP contribution in [0.4, 0.5) is 5.95 Å². The number of ether oxygens (including phenoxy) is 4. The zero-order valence-electron chi connectivity index (χ0n) is 28.1. The molecule has 19 heteroatoms. The molecule has 1 rings (SSSR count). The zero-order chi connectivity index (χ0) is 36.3. The number of rotatable bonds is 11. The van der Waals surface area contributed by atoms with Gasteiger partial charge in [0.1, 0.15) is 22.4 Å². The van der Waals surface area contributed by atoms with E-state index in [1.165, 1.54) is 83.1 Å². The highest BCUT2D eigenvalue weighted by Gasteiger charge is 2.71. The molecule has 46 heavy (non-hydrogen) atoms. The Kier molecular flexibility index (Phi) is 11.5. The van der Waals surface area contributed by atoms with Gasteiger partial charge in [-0.2, -0.15) is 9.97 Å². The SMILES string of the molecule is CC(C)(C)OC(=O)C(C(=O)OC(C)(C)C)(c1nc(NCCN)nc(C(C(=O)OC(C)(C)C)(C(=O)OC(C)(C)C)[N+](=O)[O-])n1)[N+](=O)[O-]. The maximum Gasteiger partial charge on any atom is 0.468 e. The smallest absolute Gasteiger partial charge is 0.454 e. The van der Waals surface area contributed by atoms with Gasteiger partial charge in [0, 0.05) is 13.1 Å². The van der Waals surface area contributed by atoms with E-state index in [1.54, 1.807) is 0 Å². The van der Waals surface area contributed by atoms with Crippen molar-refractivity contribution in [1.29, 1.82) is 0 Å². The van der Waals surface area contributed by atoms with Crippen LogP contribution in [0.2, 0.25) is 0 Å². The van der Waals surface area contributed by atoms with Crippen molar-refractivity contribution in [1.82, 2.24) is 15.0 Å². The van der Waals surface area contributed by atoms with Crippen LogP contribution in [0.3, 0.4) is 0 Å². The molecule has 0 aliphatic rings. The van der Waals surface area contributed by atoms with Gasteiger partial charge in [0.15, 0.2) is 0 Å². The summed E-state index contributed by atoms with van der Waals surface area (Å²) in [5, 5.41) is 28.3. The first-order chi connectivity index (χ1) is 20.5. The molecule has 3 N–H and O–H groups in total. The van der Waals surface area contributed by atoms with E-state index in [2.05, 4.69) is 20.3 Å². The number of nitro groups is 2. The summed E-state index contributed by atoms with van der Waals surface area (Å²) in [7, 11) is 0. The van der Waals surface area contributed by atoms with E-state index in [-0.39, 0.29) is 13.1 Å². The van der Waals surface area contributed by atoms with Crippen molar-refractivity contribution >= 4 is 29.8 Å². The molecule has 1 aromatic rings. The number of anilines is 1. The average molecular weight is 658 g/mol. The molecule has 0 unspecified atom stereocenters. The largest absolute Gasteiger partial charge is 0.468 e. The van der Waals surface area contributed by atoms with Gasteiger partial charge in [0.05, 0.1) is 9.85 Å². The van der Waals surface area contributed by atoms with Gasteiger partial charge in [0.2, 0.25) is 17.6 Å². The third-order valence-electron chi connectivity index (χ3n) is 5.03. The molecule has 0 spiro atoms. The van der Waals surface area contributed by atoms with Crippen molar-refractivity contribution in [3.63, 3.8) is 0 Å². The molecule has 0 saturated carbocycles. The summed E-state index contributed by atoms with van der Waals surface area (Å²) < 4.78 is 20.9. The van der Waals surface area contributed by atoms with Crippen LogP contribution in [0.5, 0.6) is 0 Å². The van der Waals surface area contributed by atoms with Crippen LogP contribution in [0.1, 0.15) is 94.7 Å². The summed E-state index contributed by atoms with van der Waals surface area (Å²) >= 11 is 0. The number of carbonyl (C=O) groups excluding carboxylic acids is 4. The molecule has 1 heterocycles. The number of nitrogens with two attached hydrogens (primary N) is 1. The summed E-state index contributed by atoms with van der Waals surface area (Å²) in [6, 6.07) is 0. The highest BCUT2D eigenvalue weighted by atomic mass is 16.7. The molecule has 0 radical (unpaired) electrons. The molecule has 19 nitrogen and oxygen atoms in total. The van der Waals surface area contributed by atoms with Crippen molar-refractivity contribution in [2.75, 3.05) is 18.4 Å². The first kappa shape index (κ1) is 39.5. The standard InChI is InChI=1S/C27H43N7O12/c1-22(2,3)43-17(35)26(33(39)40,18(36)44-23(4,5)6)15-30-16(32-21(31-15)29-14-13-28)27(34(41)42,19(37)45-24(7,8)9)20(38)46-25(10,11)12/h13-14,28H2,1-12H3,(H,29,30,31,32). The van der Waals surface area contributed by atoms with Crippen molar-refractivity contribution in [2.24, 2.45) is 5.73 Å². The zero-order valence-corrected chi connectivity index (χ0v) is 28.1. The minimum absolute atomic E-state index is 0.104. The molecule has 0 aliphatic heterocycles. The van der Waals surface area contributed by atoms with Crippen LogP contribution in [0, 0.1) is 20.2 Å². The van der Waals surface area contributed by atoms with Crippen LogP contribution in [0.15, 0.2) is 0 Å². The number of nitrogens with zero attached hydrogens (tertiary/aromatic N) is 5. The Hall–Kier alpha value is -4.55. The van der Waals surface area contributed by atoms with E-state index in [1.807, 2.05) is 0 Å². The van der Waals surface area contributed by atoms with Gasteiger partial charge in [-0.05, 0) is 83.1 Å². The molecule has 0 aromatic carbocycles. The molecule has 1 aromatic heterocycles. The number of esters is 4. The summed E-state index contributed by atoms with van der Waals surface area (Å²) in [6.45, 7) is 15.9. The molecule has 0 saturated heterocycles. The Bertz CT molecular complexity index is 1220. The highest BCUT2D eigenvalue weighted by molar-refractivity contribution is 6.05. The van der Waals surface area contributed by atoms with Gasteiger partial charge >= 0.3 is 35.0 Å². The quantitative estimate of drug-likeness (QED) is 0.112. The molecule has 0 aliphatic carbocycles. The van der Waals surface area contributed by atoms with Crippen molar-refractivity contribution in [3.05, 3.63) is 31.9 Å². The molecule has 0 atom stereocenters. The summed E-state index contributed by atoms with van der Waals surface area (Å²) in [5.74, 6) is -10.9. The molecule has 0 amide bonds. The summed E-state index contributed by atoms with van der Waals surface area (Å²) in [5.41, 5.74) is -7.72. The minimum Gasteiger partial charge on any atom is -0.454 e. The number of carbonyl (C=O) groups is 4. The van der Waals surface area contributed by atoms with Crippen LogP contribution in [-0.4, -0.2) is 84.2 Å². The van der Waals surface area contributed by atoms with Crippen LogP contribution in [-0.2, 0) is 49.2 Å². The van der Waals surface area contributed by atoms with Gasteiger partial charge in [-0.25, -0.2) is 24.2 Å². The third-order valence-corrected chi connectivity index (χ3v) is 5.03. The van der Waals surface area contributed by atoms with Crippen molar-refractivity contribution in [2.45, 2.75) is 117 Å². The Morgan fingerprint density at radius 3 is 1.07 bits per heavy atom. The van der Waals surface area contributed by atoms with Gasteiger partial charge < -0.3 is 30.0 Å². The second-order valence-corrected chi connectivity index (χ2v) is 14.0. The number of aromatic nitrogens is 3. The molecule has 0 bridgehead atoms. The molecular formula is C27H43N7O12. The number of nitrogens with one attached hydrogen (secondary N) is 1. The first-order valence-electron chi connectivity index (χ1n) is 14.0. The molecule has 0 fully saturated rings. The predicted molar refractivity (Wildman–Crippen MR) is 158 cm³/mol. The van der Waals surface area contributed by atoms with Gasteiger partial charge in [-0.3, -0.25) is 20.2 Å². The normalized spacial score (nSPS) is 12.9. The Balaban J connectivity index is 4.57. The minimum atomic E-state index is -3.76. The molecule has 258 valence electrons. The topological polar surface area (TPSA) is 268 Å². The van der Waals surface area contributed by atoms with E-state index in [0.29, 0.717) is 0 Å². The van der Waals surface area contributed by atoms with Gasteiger partial charge in [-0.1, -0.05) is 0 Å². The van der Waals surface area contributed by atoms with Crippen LogP contribution >= 0.6 is 0 Å².